The molecule has 0 spiro atoms. The van der Waals surface area contributed by atoms with Crippen molar-refractivity contribution < 1.29 is 4.39 Å². The SMILES string of the molecule is Fc1nc(Cc2cnc3c(c2)CCC3)ccc1Cc1c[nH]c2ncnc(C3CC3)c12. The average molecular weight is 399 g/mol. The van der Waals surface area contributed by atoms with Gasteiger partial charge in [-0.2, -0.15) is 4.39 Å². The molecule has 0 aliphatic heterocycles. The van der Waals surface area contributed by atoms with E-state index < -0.39 is 5.95 Å². The monoisotopic (exact) mass is 399 g/mol. The Morgan fingerprint density at radius 2 is 1.97 bits per heavy atom. The van der Waals surface area contributed by atoms with Crippen molar-refractivity contribution in [2.24, 2.45) is 0 Å². The van der Waals surface area contributed by atoms with Crippen LogP contribution in [-0.4, -0.2) is 24.9 Å². The Kier molecular flexibility index (Phi) is 4.11. The van der Waals surface area contributed by atoms with E-state index in [-0.39, 0.29) is 0 Å². The normalized spacial score (nSPS) is 15.6. The first-order valence-electron chi connectivity index (χ1n) is 10.7. The van der Waals surface area contributed by atoms with Gasteiger partial charge in [-0.1, -0.05) is 12.1 Å². The molecule has 30 heavy (non-hydrogen) atoms. The van der Waals surface area contributed by atoms with Gasteiger partial charge in [0.1, 0.15) is 12.0 Å². The molecule has 1 saturated carbocycles. The summed E-state index contributed by atoms with van der Waals surface area (Å²) in [5.41, 5.74) is 7.91. The van der Waals surface area contributed by atoms with Gasteiger partial charge in [0.25, 0.3) is 0 Å². The van der Waals surface area contributed by atoms with E-state index in [2.05, 4.69) is 31.0 Å². The van der Waals surface area contributed by atoms with Crippen molar-refractivity contribution in [1.82, 2.24) is 24.9 Å². The van der Waals surface area contributed by atoms with E-state index in [4.69, 9.17) is 0 Å². The van der Waals surface area contributed by atoms with Crippen molar-refractivity contribution in [2.45, 2.75) is 50.9 Å². The molecule has 2 aliphatic carbocycles. The minimum atomic E-state index is -0.402. The van der Waals surface area contributed by atoms with Crippen molar-refractivity contribution in [2.75, 3.05) is 0 Å². The number of halogens is 1. The molecular weight excluding hydrogens is 377 g/mol. The number of aryl methyl sites for hydroxylation is 2. The number of hydrogen-bond acceptors (Lipinski definition) is 4. The fourth-order valence-corrected chi connectivity index (χ4v) is 4.58. The Labute approximate surface area is 173 Å². The van der Waals surface area contributed by atoms with Crippen LogP contribution < -0.4 is 0 Å². The van der Waals surface area contributed by atoms with Crippen molar-refractivity contribution in [3.63, 3.8) is 0 Å². The maximum Gasteiger partial charge on any atom is 0.216 e. The lowest BCUT2D eigenvalue weighted by Gasteiger charge is -2.08. The highest BCUT2D eigenvalue weighted by Crippen LogP contribution is 2.42. The first-order valence-corrected chi connectivity index (χ1v) is 10.7. The van der Waals surface area contributed by atoms with E-state index >= 15 is 0 Å². The number of pyridine rings is 2. The molecule has 0 aromatic carbocycles. The van der Waals surface area contributed by atoms with Gasteiger partial charge >= 0.3 is 0 Å². The molecule has 0 atom stereocenters. The van der Waals surface area contributed by atoms with E-state index in [1.165, 1.54) is 30.5 Å². The van der Waals surface area contributed by atoms with Crippen LogP contribution in [0.25, 0.3) is 11.0 Å². The number of fused-ring (bicyclic) bond motifs is 2. The molecule has 0 bridgehead atoms. The third-order valence-electron chi connectivity index (χ3n) is 6.27. The van der Waals surface area contributed by atoms with Crippen LogP contribution in [0.1, 0.15) is 64.5 Å². The molecular formula is C24H22FN5. The second-order valence-corrected chi connectivity index (χ2v) is 8.48. The van der Waals surface area contributed by atoms with Gasteiger partial charge in [0, 0.05) is 53.5 Å². The Balaban J connectivity index is 1.26. The molecule has 0 unspecified atom stereocenters. The molecule has 2 aliphatic rings. The fourth-order valence-electron chi connectivity index (χ4n) is 4.58. The lowest BCUT2D eigenvalue weighted by molar-refractivity contribution is 0.565. The number of nitrogens with one attached hydrogen (secondary N) is 1. The van der Waals surface area contributed by atoms with Gasteiger partial charge in [-0.3, -0.25) is 4.98 Å². The minimum absolute atomic E-state index is 0.402. The van der Waals surface area contributed by atoms with Crippen LogP contribution >= 0.6 is 0 Å². The van der Waals surface area contributed by atoms with Crippen molar-refractivity contribution in [3.05, 3.63) is 82.2 Å². The van der Waals surface area contributed by atoms with Crippen LogP contribution in [0.5, 0.6) is 0 Å². The highest BCUT2D eigenvalue weighted by atomic mass is 19.1. The Morgan fingerprint density at radius 3 is 2.83 bits per heavy atom. The quantitative estimate of drug-likeness (QED) is 0.504. The third kappa shape index (κ3) is 3.16. The summed E-state index contributed by atoms with van der Waals surface area (Å²) in [6, 6.07) is 5.99. The van der Waals surface area contributed by atoms with Gasteiger partial charge < -0.3 is 4.98 Å². The zero-order valence-corrected chi connectivity index (χ0v) is 16.7. The minimum Gasteiger partial charge on any atom is -0.346 e. The van der Waals surface area contributed by atoms with Crippen LogP contribution in [0.3, 0.4) is 0 Å². The molecule has 0 amide bonds. The van der Waals surface area contributed by atoms with E-state index in [0.29, 0.717) is 24.3 Å². The zero-order valence-electron chi connectivity index (χ0n) is 16.7. The van der Waals surface area contributed by atoms with Crippen molar-refractivity contribution >= 4 is 11.0 Å². The average Bonchev–Trinajstić information content (AvgIpc) is 3.36. The molecule has 1 N–H and O–H groups in total. The summed E-state index contributed by atoms with van der Waals surface area (Å²) in [5, 5.41) is 1.05. The van der Waals surface area contributed by atoms with Gasteiger partial charge in [0.2, 0.25) is 5.95 Å². The standard InChI is InChI=1S/C24H22FN5/c25-23-17(10-18-12-27-24-21(18)22(15-4-5-15)28-13-29-24)6-7-19(30-23)9-14-8-16-2-1-3-20(16)26-11-14/h6-8,11-13,15H,1-5,9-10H2,(H,27,28,29). The molecule has 0 radical (unpaired) electrons. The zero-order chi connectivity index (χ0) is 20.1. The number of nitrogens with zero attached hydrogens (tertiary/aromatic N) is 4. The van der Waals surface area contributed by atoms with Crippen molar-refractivity contribution in [1.29, 1.82) is 0 Å². The highest BCUT2D eigenvalue weighted by Gasteiger charge is 2.28. The van der Waals surface area contributed by atoms with Gasteiger partial charge in [0.15, 0.2) is 0 Å². The number of H-pyrrole nitrogens is 1. The van der Waals surface area contributed by atoms with Crippen molar-refractivity contribution in [3.8, 4) is 0 Å². The molecule has 4 heterocycles. The van der Waals surface area contributed by atoms with Gasteiger partial charge in [-0.05, 0) is 54.9 Å². The lowest BCUT2D eigenvalue weighted by Crippen LogP contribution is -2.02. The summed E-state index contributed by atoms with van der Waals surface area (Å²) in [7, 11) is 0. The second-order valence-electron chi connectivity index (χ2n) is 8.48. The Morgan fingerprint density at radius 1 is 1.03 bits per heavy atom. The largest absolute Gasteiger partial charge is 0.346 e. The second kappa shape index (κ2) is 6.97. The van der Waals surface area contributed by atoms with E-state index in [0.717, 1.165) is 46.4 Å². The van der Waals surface area contributed by atoms with Crippen LogP contribution in [0.15, 0.2) is 36.9 Å². The summed E-state index contributed by atoms with van der Waals surface area (Å²) < 4.78 is 14.9. The van der Waals surface area contributed by atoms with E-state index in [9.17, 15) is 4.39 Å². The smallest absolute Gasteiger partial charge is 0.216 e. The first kappa shape index (κ1) is 17.7. The summed E-state index contributed by atoms with van der Waals surface area (Å²) in [4.78, 5) is 20.9. The topological polar surface area (TPSA) is 67.3 Å². The van der Waals surface area contributed by atoms with Gasteiger partial charge in [0.05, 0.1) is 5.69 Å². The Bertz CT molecular complexity index is 1260. The van der Waals surface area contributed by atoms with E-state index in [1.54, 1.807) is 6.33 Å². The first-order chi connectivity index (χ1) is 14.7. The molecule has 4 aromatic rings. The van der Waals surface area contributed by atoms with Crippen LogP contribution in [0.2, 0.25) is 0 Å². The summed E-state index contributed by atoms with van der Waals surface area (Å²) in [6.07, 6.45) is 12.2. The van der Waals surface area contributed by atoms with Gasteiger partial charge in [-0.25, -0.2) is 15.0 Å². The molecule has 150 valence electrons. The Hall–Kier alpha value is -3.15. The van der Waals surface area contributed by atoms with Crippen LogP contribution in [0.4, 0.5) is 4.39 Å². The molecule has 4 aromatic heterocycles. The summed E-state index contributed by atoms with van der Waals surface area (Å²) >= 11 is 0. The number of aromatic nitrogens is 5. The highest BCUT2D eigenvalue weighted by molar-refractivity contribution is 5.83. The maximum absolute atomic E-state index is 14.9. The van der Waals surface area contributed by atoms with Gasteiger partial charge in [-0.15, -0.1) is 0 Å². The third-order valence-corrected chi connectivity index (χ3v) is 6.27. The number of rotatable bonds is 5. The fraction of sp³-hybridized carbons (Fsp3) is 0.333. The molecule has 6 heteroatoms. The van der Waals surface area contributed by atoms with Crippen LogP contribution in [-0.2, 0) is 25.7 Å². The predicted octanol–water partition coefficient (Wildman–Crippen LogP) is 4.43. The molecule has 1 fully saturated rings. The van der Waals surface area contributed by atoms with Crippen LogP contribution in [0, 0.1) is 5.95 Å². The summed E-state index contributed by atoms with van der Waals surface area (Å²) in [6.45, 7) is 0. The molecule has 0 saturated heterocycles. The summed E-state index contributed by atoms with van der Waals surface area (Å²) in [5.74, 6) is 0.108. The number of hydrogen-bond donors (Lipinski definition) is 1. The van der Waals surface area contributed by atoms with E-state index in [1.807, 2.05) is 24.5 Å². The lowest BCUT2D eigenvalue weighted by atomic mass is 10.0. The predicted molar refractivity (Wildman–Crippen MR) is 112 cm³/mol. The molecule has 5 nitrogen and oxygen atoms in total. The number of aromatic amines is 1. The maximum atomic E-state index is 14.9. The molecule has 6 rings (SSSR count).